The standard InChI is InChI=1S/C12H15NO2/c1-9-10(6-4-8-13-2)5-3-7-11(9)12(14)15/h3-7,13H,8H2,1-2H3,(H,14,15). The van der Waals surface area contributed by atoms with Crippen molar-refractivity contribution in [2.45, 2.75) is 6.92 Å². The van der Waals surface area contributed by atoms with Crippen LogP contribution in [0.2, 0.25) is 0 Å². The molecule has 0 aliphatic rings. The fourth-order valence-electron chi connectivity index (χ4n) is 1.37. The molecule has 80 valence electrons. The van der Waals surface area contributed by atoms with E-state index in [0.717, 1.165) is 17.7 Å². The highest BCUT2D eigenvalue weighted by molar-refractivity contribution is 5.90. The maximum atomic E-state index is 10.9. The molecule has 0 fully saturated rings. The average Bonchev–Trinajstić information content (AvgIpc) is 2.20. The Bertz CT molecular complexity index is 383. The van der Waals surface area contributed by atoms with E-state index in [1.807, 2.05) is 32.2 Å². The highest BCUT2D eigenvalue weighted by Crippen LogP contribution is 2.15. The number of hydrogen-bond donors (Lipinski definition) is 2. The summed E-state index contributed by atoms with van der Waals surface area (Å²) in [7, 11) is 1.87. The molecular formula is C12H15NO2. The zero-order valence-electron chi connectivity index (χ0n) is 8.95. The largest absolute Gasteiger partial charge is 0.478 e. The van der Waals surface area contributed by atoms with Crippen LogP contribution in [0.15, 0.2) is 24.3 Å². The van der Waals surface area contributed by atoms with Crippen LogP contribution < -0.4 is 5.32 Å². The third kappa shape index (κ3) is 2.92. The highest BCUT2D eigenvalue weighted by Gasteiger charge is 2.07. The molecule has 0 saturated carbocycles. The van der Waals surface area contributed by atoms with Crippen LogP contribution in [0.25, 0.3) is 6.08 Å². The molecule has 1 aromatic carbocycles. The van der Waals surface area contributed by atoms with Crippen LogP contribution in [0.3, 0.4) is 0 Å². The number of benzene rings is 1. The number of carboxylic acid groups (broad SMARTS) is 1. The summed E-state index contributed by atoms with van der Waals surface area (Å²) in [6, 6.07) is 5.29. The molecule has 15 heavy (non-hydrogen) atoms. The quantitative estimate of drug-likeness (QED) is 0.789. The lowest BCUT2D eigenvalue weighted by molar-refractivity contribution is 0.0696. The highest BCUT2D eigenvalue weighted by atomic mass is 16.4. The van der Waals surface area contributed by atoms with Crippen molar-refractivity contribution in [1.29, 1.82) is 0 Å². The predicted octanol–water partition coefficient (Wildman–Crippen LogP) is 1.93. The molecule has 0 radical (unpaired) electrons. The Hall–Kier alpha value is -1.61. The van der Waals surface area contributed by atoms with E-state index in [9.17, 15) is 4.79 Å². The number of carbonyl (C=O) groups is 1. The fraction of sp³-hybridized carbons (Fsp3) is 0.250. The van der Waals surface area contributed by atoms with Crippen LogP contribution in [0.4, 0.5) is 0 Å². The molecule has 0 heterocycles. The van der Waals surface area contributed by atoms with E-state index >= 15 is 0 Å². The fourth-order valence-corrected chi connectivity index (χ4v) is 1.37. The summed E-state index contributed by atoms with van der Waals surface area (Å²) in [5.41, 5.74) is 2.11. The molecule has 2 N–H and O–H groups in total. The van der Waals surface area contributed by atoms with E-state index in [-0.39, 0.29) is 0 Å². The van der Waals surface area contributed by atoms with Gasteiger partial charge in [-0.15, -0.1) is 0 Å². The van der Waals surface area contributed by atoms with Crippen LogP contribution in [0.1, 0.15) is 21.5 Å². The van der Waals surface area contributed by atoms with Gasteiger partial charge in [-0.1, -0.05) is 24.3 Å². The summed E-state index contributed by atoms with van der Waals surface area (Å²) in [5.74, 6) is -0.878. The van der Waals surface area contributed by atoms with E-state index < -0.39 is 5.97 Å². The molecule has 3 heteroatoms. The minimum absolute atomic E-state index is 0.363. The van der Waals surface area contributed by atoms with Crippen LogP contribution in [0, 0.1) is 6.92 Å². The number of rotatable bonds is 4. The Balaban J connectivity index is 2.99. The van der Waals surface area contributed by atoms with Crippen molar-refractivity contribution in [3.8, 4) is 0 Å². The van der Waals surface area contributed by atoms with Crippen molar-refractivity contribution in [3.05, 3.63) is 41.0 Å². The maximum absolute atomic E-state index is 10.9. The zero-order valence-corrected chi connectivity index (χ0v) is 8.95. The van der Waals surface area contributed by atoms with E-state index in [2.05, 4.69) is 5.32 Å². The van der Waals surface area contributed by atoms with Gasteiger partial charge in [-0.25, -0.2) is 4.79 Å². The van der Waals surface area contributed by atoms with Gasteiger partial charge in [0.15, 0.2) is 0 Å². The predicted molar refractivity (Wildman–Crippen MR) is 61.1 cm³/mol. The number of carboxylic acids is 1. The topological polar surface area (TPSA) is 49.3 Å². The Kier molecular flexibility index (Phi) is 4.06. The molecule has 0 aromatic heterocycles. The zero-order chi connectivity index (χ0) is 11.3. The maximum Gasteiger partial charge on any atom is 0.335 e. The van der Waals surface area contributed by atoms with Crippen LogP contribution in [-0.4, -0.2) is 24.7 Å². The lowest BCUT2D eigenvalue weighted by Crippen LogP contribution is -2.04. The van der Waals surface area contributed by atoms with Gasteiger partial charge in [-0.3, -0.25) is 0 Å². The molecule has 0 spiro atoms. The summed E-state index contributed by atoms with van der Waals surface area (Å²) >= 11 is 0. The summed E-state index contributed by atoms with van der Waals surface area (Å²) < 4.78 is 0. The number of likely N-dealkylation sites (N-methyl/N-ethyl adjacent to an activating group) is 1. The second-order valence-corrected chi connectivity index (χ2v) is 3.28. The van der Waals surface area contributed by atoms with E-state index in [1.165, 1.54) is 0 Å². The average molecular weight is 205 g/mol. The van der Waals surface area contributed by atoms with Gasteiger partial charge in [0.05, 0.1) is 5.56 Å². The van der Waals surface area contributed by atoms with Crippen molar-refractivity contribution >= 4 is 12.0 Å². The number of hydrogen-bond acceptors (Lipinski definition) is 2. The number of aromatic carboxylic acids is 1. The van der Waals surface area contributed by atoms with Gasteiger partial charge in [0, 0.05) is 6.54 Å². The molecule has 0 aliphatic heterocycles. The van der Waals surface area contributed by atoms with Gasteiger partial charge in [0.1, 0.15) is 0 Å². The lowest BCUT2D eigenvalue weighted by atomic mass is 10.0. The van der Waals surface area contributed by atoms with Gasteiger partial charge in [-0.2, -0.15) is 0 Å². The summed E-state index contributed by atoms with van der Waals surface area (Å²) in [6.45, 7) is 2.60. The molecule has 0 unspecified atom stereocenters. The minimum atomic E-state index is -0.878. The first-order chi connectivity index (χ1) is 7.16. The first kappa shape index (κ1) is 11.5. The summed E-state index contributed by atoms with van der Waals surface area (Å²) in [4.78, 5) is 10.9. The molecule has 1 rings (SSSR count). The third-order valence-electron chi connectivity index (χ3n) is 2.23. The number of nitrogens with one attached hydrogen (secondary N) is 1. The van der Waals surface area contributed by atoms with Crippen LogP contribution >= 0.6 is 0 Å². The van der Waals surface area contributed by atoms with E-state index in [0.29, 0.717) is 5.56 Å². The second-order valence-electron chi connectivity index (χ2n) is 3.28. The lowest BCUT2D eigenvalue weighted by Gasteiger charge is -2.04. The smallest absolute Gasteiger partial charge is 0.335 e. The summed E-state index contributed by atoms with van der Waals surface area (Å²) in [5, 5.41) is 11.9. The molecule has 0 atom stereocenters. The third-order valence-corrected chi connectivity index (χ3v) is 2.23. The minimum Gasteiger partial charge on any atom is -0.478 e. The van der Waals surface area contributed by atoms with Crippen molar-refractivity contribution in [2.24, 2.45) is 0 Å². The molecule has 0 bridgehead atoms. The van der Waals surface area contributed by atoms with Crippen molar-refractivity contribution in [1.82, 2.24) is 5.32 Å². The monoisotopic (exact) mass is 205 g/mol. The summed E-state index contributed by atoms with van der Waals surface area (Å²) in [6.07, 6.45) is 3.90. The second kappa shape index (κ2) is 5.32. The Morgan fingerprint density at radius 1 is 1.53 bits per heavy atom. The first-order valence-corrected chi connectivity index (χ1v) is 4.81. The molecule has 3 nitrogen and oxygen atoms in total. The van der Waals surface area contributed by atoms with Crippen molar-refractivity contribution in [2.75, 3.05) is 13.6 Å². The van der Waals surface area contributed by atoms with Crippen molar-refractivity contribution < 1.29 is 9.90 Å². The molecule has 0 aliphatic carbocycles. The SMILES string of the molecule is CNCC=Cc1cccc(C(=O)O)c1C. The van der Waals surface area contributed by atoms with Gasteiger partial charge in [0.25, 0.3) is 0 Å². The normalized spacial score (nSPS) is 10.8. The van der Waals surface area contributed by atoms with E-state index in [4.69, 9.17) is 5.11 Å². The van der Waals surface area contributed by atoms with Crippen LogP contribution in [-0.2, 0) is 0 Å². The van der Waals surface area contributed by atoms with Gasteiger partial charge in [-0.05, 0) is 31.2 Å². The van der Waals surface area contributed by atoms with Gasteiger partial charge < -0.3 is 10.4 Å². The van der Waals surface area contributed by atoms with E-state index in [1.54, 1.807) is 12.1 Å². The molecule has 0 amide bonds. The Labute approximate surface area is 89.4 Å². The molecule has 1 aromatic rings. The Morgan fingerprint density at radius 2 is 2.27 bits per heavy atom. The molecule has 0 saturated heterocycles. The Morgan fingerprint density at radius 3 is 2.87 bits per heavy atom. The van der Waals surface area contributed by atoms with Crippen LogP contribution in [0.5, 0.6) is 0 Å². The first-order valence-electron chi connectivity index (χ1n) is 4.81. The molecular weight excluding hydrogens is 190 g/mol. The van der Waals surface area contributed by atoms with Crippen molar-refractivity contribution in [3.63, 3.8) is 0 Å². The van der Waals surface area contributed by atoms with Gasteiger partial charge in [0.2, 0.25) is 0 Å². The van der Waals surface area contributed by atoms with Gasteiger partial charge >= 0.3 is 5.97 Å².